The summed E-state index contributed by atoms with van der Waals surface area (Å²) in [6, 6.07) is 25.5. The van der Waals surface area contributed by atoms with Gasteiger partial charge in [-0.25, -0.2) is 9.59 Å². The van der Waals surface area contributed by atoms with Crippen molar-refractivity contribution in [3.63, 3.8) is 0 Å². The van der Waals surface area contributed by atoms with Crippen molar-refractivity contribution in [1.29, 1.82) is 0 Å². The Bertz CT molecular complexity index is 2360. The van der Waals surface area contributed by atoms with E-state index in [9.17, 15) is 14.7 Å². The fraction of sp³-hybridized carbons (Fsp3) is 0.491. The van der Waals surface area contributed by atoms with E-state index in [0.29, 0.717) is 29.5 Å². The number of benzene rings is 3. The number of carbonyl (C=O) groups is 2. The lowest BCUT2D eigenvalue weighted by molar-refractivity contribution is -0.135. The van der Waals surface area contributed by atoms with Gasteiger partial charge >= 0.3 is 11.9 Å². The van der Waals surface area contributed by atoms with Crippen LogP contribution in [0.3, 0.4) is 0 Å². The summed E-state index contributed by atoms with van der Waals surface area (Å²) in [6.45, 7) is 4.02. The second-order valence-corrected chi connectivity index (χ2v) is 19.6. The summed E-state index contributed by atoms with van der Waals surface area (Å²) >= 11 is 0. The molecule has 7 unspecified atom stereocenters. The van der Waals surface area contributed by atoms with E-state index in [1.54, 1.807) is 6.07 Å². The molecule has 330 valence electrons. The Balaban J connectivity index is 1.07. The van der Waals surface area contributed by atoms with Gasteiger partial charge in [-0.3, -0.25) is 0 Å². The molecule has 5 aliphatic carbocycles. The first kappa shape index (κ1) is 42.2. The van der Waals surface area contributed by atoms with Gasteiger partial charge in [0.05, 0.1) is 17.2 Å². The summed E-state index contributed by atoms with van der Waals surface area (Å²) < 4.78 is 12.9. The minimum absolute atomic E-state index is 0.0108. The van der Waals surface area contributed by atoms with Crippen LogP contribution in [-0.2, 0) is 32.0 Å². The van der Waals surface area contributed by atoms with Crippen molar-refractivity contribution < 1.29 is 24.2 Å². The van der Waals surface area contributed by atoms with Crippen LogP contribution < -0.4 is 16.0 Å². The first-order chi connectivity index (χ1) is 30.8. The maximum absolute atomic E-state index is 14.9. The molecule has 3 heterocycles. The number of piperidine rings is 1. The normalized spacial score (nSPS) is 29.8. The first-order valence-electron chi connectivity index (χ1n) is 24.3. The second-order valence-electron chi connectivity index (χ2n) is 19.6. The summed E-state index contributed by atoms with van der Waals surface area (Å²) in [7, 11) is 2.01. The van der Waals surface area contributed by atoms with Crippen LogP contribution in [-0.4, -0.2) is 42.8 Å². The lowest BCUT2D eigenvalue weighted by atomic mass is 9.44. The number of nitrogens with one attached hydrogen (secondary N) is 3. The lowest BCUT2D eigenvalue weighted by Crippen LogP contribution is -2.52. The zero-order valence-electron chi connectivity index (χ0n) is 37.2. The van der Waals surface area contributed by atoms with E-state index >= 15 is 0 Å². The molecule has 11 rings (SSSR count). The van der Waals surface area contributed by atoms with Crippen molar-refractivity contribution >= 4 is 17.5 Å². The summed E-state index contributed by atoms with van der Waals surface area (Å²) in [6.07, 6.45) is 20.2. The van der Waals surface area contributed by atoms with Gasteiger partial charge in [0.1, 0.15) is 17.3 Å². The largest absolute Gasteiger partial charge is 0.508 e. The fourth-order valence-corrected chi connectivity index (χ4v) is 13.0. The second kappa shape index (κ2) is 18.0. The molecule has 63 heavy (non-hydrogen) atoms. The Kier molecular flexibility index (Phi) is 12.1. The van der Waals surface area contributed by atoms with E-state index in [2.05, 4.69) is 83.6 Å². The standard InChI is InChI=1S/C55H65N3O5/c1-3-34(28-35-12-6-4-7-13-35)30-47-55-26-24-42(43-22-23-44-46(62-53(60)50(44)51(43)55)19-11-14-36-25-27-57-48(31-36)56-2)49(52(55)54(61)63-47)45-32-40(59)20-21-41(45)38-16-10-15-37(29-38)33-58-39-17-8-5-9-18-39/h4,6-7,10,12-13,15-16,19-21,29-30,32,34,36,39,42-43,48,51,56-59H,3,5,8-9,11,14,17-18,22-28,31,33H2,1-2H3. The highest BCUT2D eigenvalue weighted by molar-refractivity contribution is 6.07. The first-order valence-corrected chi connectivity index (χ1v) is 24.3. The number of fused-ring (bicyclic) bond motifs is 1. The number of esters is 2. The highest BCUT2D eigenvalue weighted by Gasteiger charge is 2.68. The third kappa shape index (κ3) is 7.95. The number of phenolic OH excluding ortho intramolecular Hbond substituents is 1. The van der Waals surface area contributed by atoms with Crippen molar-refractivity contribution in [3.8, 4) is 16.9 Å². The number of hydrogen-bond acceptors (Lipinski definition) is 8. The number of ether oxygens (including phenoxy) is 2. The van der Waals surface area contributed by atoms with Gasteiger partial charge in [-0.15, -0.1) is 0 Å². The summed E-state index contributed by atoms with van der Waals surface area (Å²) in [5.74, 6) is 1.67. The smallest absolute Gasteiger partial charge is 0.340 e. The topological polar surface area (TPSA) is 109 Å². The van der Waals surface area contributed by atoms with E-state index in [0.717, 1.165) is 116 Å². The average Bonchev–Trinajstić information content (AvgIpc) is 3.80. The Morgan fingerprint density at radius 2 is 1.73 bits per heavy atom. The third-order valence-corrected chi connectivity index (χ3v) is 16.1. The zero-order chi connectivity index (χ0) is 43.1. The zero-order valence-corrected chi connectivity index (χ0v) is 37.2. The minimum Gasteiger partial charge on any atom is -0.508 e. The molecule has 2 bridgehead atoms. The third-order valence-electron chi connectivity index (χ3n) is 16.1. The predicted molar refractivity (Wildman–Crippen MR) is 248 cm³/mol. The monoisotopic (exact) mass is 847 g/mol. The molecule has 3 aromatic carbocycles. The molecular formula is C55H65N3O5. The molecular weight excluding hydrogens is 783 g/mol. The maximum atomic E-state index is 14.9. The van der Waals surface area contributed by atoms with Gasteiger partial charge in [0.2, 0.25) is 0 Å². The number of rotatable bonds is 13. The fourth-order valence-electron chi connectivity index (χ4n) is 13.0. The minimum atomic E-state index is -0.822. The molecule has 0 amide bonds. The Labute approximate surface area is 373 Å². The van der Waals surface area contributed by atoms with Crippen LogP contribution in [0.4, 0.5) is 0 Å². The highest BCUT2D eigenvalue weighted by Crippen LogP contribution is 2.72. The number of phenols is 1. The van der Waals surface area contributed by atoms with E-state index in [-0.39, 0.29) is 41.4 Å². The van der Waals surface area contributed by atoms with Crippen LogP contribution in [0.2, 0.25) is 0 Å². The number of cyclic esters (lactones) is 2. The SMILES string of the molecule is CCC(C=C1OC(=O)C2=C(c3cc(O)ccc3-c3cccc(CNC4CCCCC4)c3)C3CCC12C1C2=C(CCC31)C(=CCCC1CCNC(NC)C1)OC2=O)Cc1ccccc1. The van der Waals surface area contributed by atoms with Crippen molar-refractivity contribution in [3.05, 3.63) is 130 Å². The van der Waals surface area contributed by atoms with E-state index in [1.807, 2.05) is 25.2 Å². The van der Waals surface area contributed by atoms with Gasteiger partial charge in [-0.1, -0.05) is 80.8 Å². The molecule has 1 spiro atoms. The summed E-state index contributed by atoms with van der Waals surface area (Å²) in [4.78, 5) is 29.4. The van der Waals surface area contributed by atoms with Gasteiger partial charge in [-0.05, 0) is 178 Å². The van der Waals surface area contributed by atoms with Crippen LogP contribution in [0.1, 0.15) is 114 Å². The van der Waals surface area contributed by atoms with Gasteiger partial charge in [0.25, 0.3) is 0 Å². The highest BCUT2D eigenvalue weighted by atomic mass is 16.5. The van der Waals surface area contributed by atoms with Crippen molar-refractivity contribution in [1.82, 2.24) is 16.0 Å². The molecule has 7 atom stereocenters. The van der Waals surface area contributed by atoms with Crippen LogP contribution in [0, 0.1) is 35.0 Å². The Hall–Kier alpha value is -4.76. The van der Waals surface area contributed by atoms with Crippen molar-refractivity contribution in [2.24, 2.45) is 35.0 Å². The number of hydrogen-bond donors (Lipinski definition) is 4. The van der Waals surface area contributed by atoms with Crippen LogP contribution in [0.5, 0.6) is 5.75 Å². The number of allylic oxidation sites excluding steroid dienone is 5. The quantitative estimate of drug-likeness (QED) is 0.126. The number of aromatic hydroxyl groups is 1. The molecule has 0 aromatic heterocycles. The van der Waals surface area contributed by atoms with Crippen molar-refractivity contribution in [2.45, 2.75) is 122 Å². The molecule has 8 heteroatoms. The average molecular weight is 848 g/mol. The molecule has 2 saturated heterocycles. The summed E-state index contributed by atoms with van der Waals surface area (Å²) in [5, 5.41) is 22.0. The lowest BCUT2D eigenvalue weighted by Gasteiger charge is -2.56. The van der Waals surface area contributed by atoms with Crippen LogP contribution in [0.15, 0.2) is 113 Å². The van der Waals surface area contributed by atoms with Gasteiger partial charge in [0.15, 0.2) is 0 Å². The van der Waals surface area contributed by atoms with E-state index in [1.165, 1.54) is 43.2 Å². The molecule has 4 N–H and O–H groups in total. The summed E-state index contributed by atoms with van der Waals surface area (Å²) in [5.41, 5.74) is 8.10. The van der Waals surface area contributed by atoms with Crippen LogP contribution >= 0.6 is 0 Å². The molecule has 0 radical (unpaired) electrons. The Morgan fingerprint density at radius 1 is 0.889 bits per heavy atom. The molecule has 4 fully saturated rings. The van der Waals surface area contributed by atoms with Gasteiger partial charge in [0, 0.05) is 29.7 Å². The van der Waals surface area contributed by atoms with E-state index in [4.69, 9.17) is 9.47 Å². The number of carbonyl (C=O) groups excluding carboxylic acids is 2. The van der Waals surface area contributed by atoms with E-state index < -0.39 is 5.41 Å². The molecule has 3 aliphatic heterocycles. The van der Waals surface area contributed by atoms with Gasteiger partial charge < -0.3 is 30.5 Å². The predicted octanol–water partition coefficient (Wildman–Crippen LogP) is 10.4. The van der Waals surface area contributed by atoms with Gasteiger partial charge in [-0.2, -0.15) is 0 Å². The molecule has 3 aromatic rings. The molecule has 8 aliphatic rings. The van der Waals surface area contributed by atoms with Crippen molar-refractivity contribution in [2.75, 3.05) is 13.6 Å². The Morgan fingerprint density at radius 3 is 2.56 bits per heavy atom. The van der Waals surface area contributed by atoms with Crippen LogP contribution in [0.25, 0.3) is 16.7 Å². The molecule has 8 nitrogen and oxygen atoms in total. The maximum Gasteiger partial charge on any atom is 0.340 e. The molecule has 2 saturated carbocycles.